The highest BCUT2D eigenvalue weighted by molar-refractivity contribution is 5.83. The van der Waals surface area contributed by atoms with Gasteiger partial charge in [0.15, 0.2) is 0 Å². The summed E-state index contributed by atoms with van der Waals surface area (Å²) in [5.74, 6) is 0.778. The Morgan fingerprint density at radius 3 is 2.38 bits per heavy atom. The number of aryl methyl sites for hydroxylation is 1. The van der Waals surface area contributed by atoms with Crippen molar-refractivity contribution in [1.29, 1.82) is 0 Å². The molecule has 0 bridgehead atoms. The minimum absolute atomic E-state index is 0.251. The first kappa shape index (κ1) is 13.7. The molecule has 1 N–H and O–H groups in total. The van der Waals surface area contributed by atoms with Crippen LogP contribution in [0.4, 0.5) is 0 Å². The molecule has 1 atom stereocenters. The third kappa shape index (κ3) is 3.23. The Labute approximate surface area is 124 Å². The molecule has 2 heteroatoms. The number of benzene rings is 3. The van der Waals surface area contributed by atoms with Gasteiger partial charge in [-0.1, -0.05) is 60.2 Å². The maximum absolute atomic E-state index is 10.2. The second-order valence-corrected chi connectivity index (χ2v) is 5.25. The fourth-order valence-corrected chi connectivity index (χ4v) is 2.32. The van der Waals surface area contributed by atoms with E-state index in [0.717, 1.165) is 16.7 Å². The van der Waals surface area contributed by atoms with Crippen molar-refractivity contribution in [3.8, 4) is 5.75 Å². The summed E-state index contributed by atoms with van der Waals surface area (Å²) in [6, 6.07) is 22.0. The summed E-state index contributed by atoms with van der Waals surface area (Å²) in [6.45, 7) is 2.28. The van der Waals surface area contributed by atoms with E-state index in [9.17, 15) is 5.11 Å². The van der Waals surface area contributed by atoms with Crippen LogP contribution in [-0.4, -0.2) is 11.7 Å². The van der Waals surface area contributed by atoms with Crippen molar-refractivity contribution < 1.29 is 9.84 Å². The molecule has 3 rings (SSSR count). The molecule has 0 heterocycles. The van der Waals surface area contributed by atoms with Crippen molar-refractivity contribution in [1.82, 2.24) is 0 Å². The predicted octanol–water partition coefficient (Wildman–Crippen LogP) is 4.26. The van der Waals surface area contributed by atoms with Crippen LogP contribution in [0.1, 0.15) is 17.2 Å². The normalized spacial score (nSPS) is 12.3. The second-order valence-electron chi connectivity index (χ2n) is 5.25. The quantitative estimate of drug-likeness (QED) is 0.772. The van der Waals surface area contributed by atoms with Gasteiger partial charge in [0.05, 0.1) is 0 Å². The molecule has 3 aromatic rings. The topological polar surface area (TPSA) is 29.5 Å². The summed E-state index contributed by atoms with van der Waals surface area (Å²) >= 11 is 0. The molecule has 0 radical (unpaired) electrons. The fraction of sp³-hybridized carbons (Fsp3) is 0.158. The van der Waals surface area contributed by atoms with E-state index in [2.05, 4.69) is 12.1 Å². The zero-order valence-corrected chi connectivity index (χ0v) is 12.0. The smallest absolute Gasteiger partial charge is 0.120 e. The number of hydrogen-bond donors (Lipinski definition) is 1. The molecular weight excluding hydrogens is 260 g/mol. The fourth-order valence-electron chi connectivity index (χ4n) is 2.32. The van der Waals surface area contributed by atoms with Gasteiger partial charge in [-0.25, -0.2) is 0 Å². The lowest BCUT2D eigenvalue weighted by molar-refractivity contribution is 0.108. The monoisotopic (exact) mass is 278 g/mol. The predicted molar refractivity (Wildman–Crippen MR) is 85.6 cm³/mol. The van der Waals surface area contributed by atoms with E-state index in [0.29, 0.717) is 0 Å². The van der Waals surface area contributed by atoms with Crippen LogP contribution in [0, 0.1) is 6.92 Å². The highest BCUT2D eigenvalue weighted by Crippen LogP contribution is 2.22. The third-order valence-corrected chi connectivity index (χ3v) is 3.59. The highest BCUT2D eigenvalue weighted by atomic mass is 16.5. The molecular formula is C19H18O2. The van der Waals surface area contributed by atoms with Crippen LogP contribution in [0.3, 0.4) is 0 Å². The summed E-state index contributed by atoms with van der Waals surface area (Å²) in [5.41, 5.74) is 2.06. The van der Waals surface area contributed by atoms with Gasteiger partial charge in [0, 0.05) is 0 Å². The van der Waals surface area contributed by atoms with Crippen molar-refractivity contribution in [2.45, 2.75) is 13.0 Å². The van der Waals surface area contributed by atoms with Gasteiger partial charge < -0.3 is 9.84 Å². The van der Waals surface area contributed by atoms with Crippen LogP contribution in [-0.2, 0) is 0 Å². The molecule has 0 amide bonds. The van der Waals surface area contributed by atoms with Gasteiger partial charge in [0.1, 0.15) is 18.5 Å². The van der Waals surface area contributed by atoms with Crippen LogP contribution in [0.5, 0.6) is 5.75 Å². The first-order valence-corrected chi connectivity index (χ1v) is 7.08. The van der Waals surface area contributed by atoms with E-state index in [4.69, 9.17) is 4.74 Å². The van der Waals surface area contributed by atoms with Gasteiger partial charge in [-0.15, -0.1) is 0 Å². The van der Waals surface area contributed by atoms with Crippen molar-refractivity contribution in [3.05, 3.63) is 77.9 Å². The maximum Gasteiger partial charge on any atom is 0.120 e. The van der Waals surface area contributed by atoms with E-state index >= 15 is 0 Å². The number of aliphatic hydroxyl groups excluding tert-OH is 1. The highest BCUT2D eigenvalue weighted by Gasteiger charge is 2.08. The molecule has 0 saturated carbocycles. The van der Waals surface area contributed by atoms with E-state index in [1.54, 1.807) is 0 Å². The van der Waals surface area contributed by atoms with Gasteiger partial charge in [-0.3, -0.25) is 0 Å². The molecule has 0 aromatic heterocycles. The first-order valence-electron chi connectivity index (χ1n) is 7.08. The minimum atomic E-state index is -0.614. The van der Waals surface area contributed by atoms with E-state index < -0.39 is 6.10 Å². The molecule has 0 aliphatic rings. The SMILES string of the molecule is Cc1ccc(C(O)COc2ccc3ccccc3c2)cc1. The molecule has 0 saturated heterocycles. The molecule has 0 aliphatic carbocycles. The van der Waals surface area contributed by atoms with Crippen molar-refractivity contribution >= 4 is 10.8 Å². The average molecular weight is 278 g/mol. The van der Waals surface area contributed by atoms with Gasteiger partial charge in [0.2, 0.25) is 0 Å². The summed E-state index contributed by atoms with van der Waals surface area (Å²) < 4.78 is 5.71. The first-order chi connectivity index (χ1) is 10.2. The van der Waals surface area contributed by atoms with Crippen LogP contribution in [0.25, 0.3) is 10.8 Å². The Bertz CT molecular complexity index is 732. The van der Waals surface area contributed by atoms with Crippen LogP contribution in [0.15, 0.2) is 66.7 Å². The van der Waals surface area contributed by atoms with E-state index in [-0.39, 0.29) is 6.61 Å². The standard InChI is InChI=1S/C19H18O2/c1-14-6-8-16(9-7-14)19(20)13-21-18-11-10-15-4-2-3-5-17(15)12-18/h2-12,19-20H,13H2,1H3. The minimum Gasteiger partial charge on any atom is -0.491 e. The maximum atomic E-state index is 10.2. The number of aliphatic hydroxyl groups is 1. The lowest BCUT2D eigenvalue weighted by Gasteiger charge is -2.13. The molecule has 3 aromatic carbocycles. The Hall–Kier alpha value is -2.32. The van der Waals surface area contributed by atoms with Gasteiger partial charge >= 0.3 is 0 Å². The zero-order valence-electron chi connectivity index (χ0n) is 12.0. The zero-order chi connectivity index (χ0) is 14.7. The number of hydrogen-bond acceptors (Lipinski definition) is 2. The largest absolute Gasteiger partial charge is 0.491 e. The Kier molecular flexibility index (Phi) is 3.89. The number of fused-ring (bicyclic) bond motifs is 1. The van der Waals surface area contributed by atoms with Crippen LogP contribution in [0.2, 0.25) is 0 Å². The average Bonchev–Trinajstić information content (AvgIpc) is 2.53. The van der Waals surface area contributed by atoms with Crippen molar-refractivity contribution in [2.75, 3.05) is 6.61 Å². The van der Waals surface area contributed by atoms with E-state index in [1.165, 1.54) is 10.9 Å². The summed E-state index contributed by atoms with van der Waals surface area (Å²) in [7, 11) is 0. The molecule has 21 heavy (non-hydrogen) atoms. The molecule has 1 unspecified atom stereocenters. The Morgan fingerprint density at radius 2 is 1.62 bits per heavy atom. The second kappa shape index (κ2) is 5.98. The molecule has 0 aliphatic heterocycles. The van der Waals surface area contributed by atoms with Crippen molar-refractivity contribution in [3.63, 3.8) is 0 Å². The molecule has 0 spiro atoms. The molecule has 0 fully saturated rings. The lowest BCUT2D eigenvalue weighted by atomic mass is 10.1. The Balaban J connectivity index is 1.69. The van der Waals surface area contributed by atoms with E-state index in [1.807, 2.05) is 61.5 Å². The third-order valence-electron chi connectivity index (χ3n) is 3.59. The number of ether oxygens (including phenoxy) is 1. The molecule has 106 valence electrons. The van der Waals surface area contributed by atoms with Gasteiger partial charge in [-0.05, 0) is 35.4 Å². The summed E-state index contributed by atoms with van der Waals surface area (Å²) in [6.07, 6.45) is -0.614. The van der Waals surface area contributed by atoms with Gasteiger partial charge in [0.25, 0.3) is 0 Å². The number of rotatable bonds is 4. The van der Waals surface area contributed by atoms with Crippen molar-refractivity contribution in [2.24, 2.45) is 0 Å². The summed E-state index contributed by atoms with van der Waals surface area (Å²) in [4.78, 5) is 0. The van der Waals surface area contributed by atoms with Crippen LogP contribution < -0.4 is 4.74 Å². The van der Waals surface area contributed by atoms with Crippen LogP contribution >= 0.6 is 0 Å². The Morgan fingerprint density at radius 1 is 0.905 bits per heavy atom. The lowest BCUT2D eigenvalue weighted by Crippen LogP contribution is -2.09. The molecule has 2 nitrogen and oxygen atoms in total. The summed E-state index contributed by atoms with van der Waals surface area (Å²) in [5, 5.41) is 12.5. The van der Waals surface area contributed by atoms with Gasteiger partial charge in [-0.2, -0.15) is 0 Å².